The fourth-order valence-corrected chi connectivity index (χ4v) is 1.83. The summed E-state index contributed by atoms with van der Waals surface area (Å²) in [6.45, 7) is 7.71. The van der Waals surface area contributed by atoms with Gasteiger partial charge in [-0.1, -0.05) is 20.3 Å². The molecule has 20 heavy (non-hydrogen) atoms. The monoisotopic (exact) mass is 281 g/mol. The van der Waals surface area contributed by atoms with Gasteiger partial charge in [0, 0.05) is 12.2 Å². The Bertz CT molecular complexity index is 468. The van der Waals surface area contributed by atoms with Crippen LogP contribution in [0.5, 0.6) is 0 Å². The van der Waals surface area contributed by atoms with E-state index in [9.17, 15) is 9.59 Å². The summed E-state index contributed by atoms with van der Waals surface area (Å²) in [5.41, 5.74) is 0.643. The summed E-state index contributed by atoms with van der Waals surface area (Å²) in [7, 11) is 0. The maximum absolute atomic E-state index is 11.9. The van der Waals surface area contributed by atoms with Gasteiger partial charge >= 0.3 is 5.97 Å². The van der Waals surface area contributed by atoms with E-state index >= 15 is 0 Å². The lowest BCUT2D eigenvalue weighted by molar-refractivity contribution is -0.143. The summed E-state index contributed by atoms with van der Waals surface area (Å²) >= 11 is 0. The fraction of sp³-hybridized carbons (Fsp3) is 0.643. The van der Waals surface area contributed by atoms with Crippen molar-refractivity contribution in [2.45, 2.75) is 52.6 Å². The second-order valence-electron chi connectivity index (χ2n) is 5.33. The third kappa shape index (κ3) is 4.36. The molecule has 112 valence electrons. The van der Waals surface area contributed by atoms with E-state index < -0.39 is 12.0 Å². The maximum atomic E-state index is 11.9. The zero-order valence-electron chi connectivity index (χ0n) is 12.5. The van der Waals surface area contributed by atoms with E-state index in [4.69, 9.17) is 5.11 Å². The first-order valence-corrected chi connectivity index (χ1v) is 6.91. The summed E-state index contributed by atoms with van der Waals surface area (Å²) in [4.78, 5) is 23.0. The van der Waals surface area contributed by atoms with E-state index in [-0.39, 0.29) is 24.3 Å². The second kappa shape index (κ2) is 7.07. The summed E-state index contributed by atoms with van der Waals surface area (Å²) in [5.74, 6) is -1.42. The van der Waals surface area contributed by atoms with Crippen LogP contribution in [0.3, 0.4) is 0 Å². The molecule has 0 radical (unpaired) electrons. The quantitative estimate of drug-likeness (QED) is 0.795. The molecule has 2 N–H and O–H groups in total. The van der Waals surface area contributed by atoms with Gasteiger partial charge in [-0.2, -0.15) is 5.10 Å². The zero-order chi connectivity index (χ0) is 15.3. The second-order valence-corrected chi connectivity index (χ2v) is 5.33. The fourth-order valence-electron chi connectivity index (χ4n) is 1.83. The van der Waals surface area contributed by atoms with E-state index in [0.29, 0.717) is 12.1 Å². The molecule has 1 rings (SSSR count). The van der Waals surface area contributed by atoms with E-state index in [1.165, 1.54) is 0 Å². The van der Waals surface area contributed by atoms with Gasteiger partial charge in [-0.05, 0) is 25.8 Å². The Labute approximate surface area is 119 Å². The first-order valence-electron chi connectivity index (χ1n) is 6.91. The van der Waals surface area contributed by atoms with Crippen molar-refractivity contribution in [1.29, 1.82) is 0 Å². The smallest absolute Gasteiger partial charge is 0.326 e. The number of nitrogens with one attached hydrogen (secondary N) is 1. The number of hydrogen-bond donors (Lipinski definition) is 2. The molecule has 0 aliphatic carbocycles. The molecule has 1 heterocycles. The molecule has 1 amide bonds. The zero-order valence-corrected chi connectivity index (χ0v) is 12.5. The van der Waals surface area contributed by atoms with Crippen molar-refractivity contribution < 1.29 is 14.7 Å². The third-order valence-corrected chi connectivity index (χ3v) is 3.33. The van der Waals surface area contributed by atoms with Crippen LogP contribution in [0.25, 0.3) is 0 Å². The van der Waals surface area contributed by atoms with Crippen molar-refractivity contribution >= 4 is 11.9 Å². The minimum atomic E-state index is -1.000. The van der Waals surface area contributed by atoms with Crippen LogP contribution in [0.2, 0.25) is 0 Å². The lowest BCUT2D eigenvalue weighted by atomic mass is 9.99. The van der Waals surface area contributed by atoms with Crippen molar-refractivity contribution in [2.75, 3.05) is 0 Å². The number of aromatic nitrogens is 2. The summed E-state index contributed by atoms with van der Waals surface area (Å²) in [6.07, 6.45) is 2.61. The van der Waals surface area contributed by atoms with Gasteiger partial charge in [0.2, 0.25) is 5.91 Å². The topological polar surface area (TPSA) is 84.2 Å². The lowest BCUT2D eigenvalue weighted by Crippen LogP contribution is -2.45. The number of carboxylic acid groups (broad SMARTS) is 1. The van der Waals surface area contributed by atoms with Gasteiger partial charge in [0.15, 0.2) is 0 Å². The van der Waals surface area contributed by atoms with Gasteiger partial charge in [-0.25, -0.2) is 4.79 Å². The van der Waals surface area contributed by atoms with Gasteiger partial charge in [0.25, 0.3) is 0 Å². The highest BCUT2D eigenvalue weighted by Gasteiger charge is 2.25. The Morgan fingerprint density at radius 1 is 1.40 bits per heavy atom. The third-order valence-electron chi connectivity index (χ3n) is 3.33. The molecule has 0 aliphatic heterocycles. The molecule has 0 fully saturated rings. The van der Waals surface area contributed by atoms with Crippen LogP contribution in [-0.4, -0.2) is 32.8 Å². The summed E-state index contributed by atoms with van der Waals surface area (Å²) < 4.78 is 1.77. The molecule has 0 aromatic carbocycles. The van der Waals surface area contributed by atoms with E-state index in [2.05, 4.69) is 10.4 Å². The van der Waals surface area contributed by atoms with Crippen LogP contribution in [0.15, 0.2) is 12.3 Å². The molecule has 0 bridgehead atoms. The molecule has 1 aromatic heterocycles. The van der Waals surface area contributed by atoms with Crippen molar-refractivity contribution in [2.24, 2.45) is 5.92 Å². The molecule has 1 aromatic rings. The molecule has 6 heteroatoms. The van der Waals surface area contributed by atoms with Crippen LogP contribution in [0.1, 0.15) is 45.9 Å². The van der Waals surface area contributed by atoms with Gasteiger partial charge < -0.3 is 10.4 Å². The molecular weight excluding hydrogens is 258 g/mol. The number of aliphatic carboxylic acids is 1. The summed E-state index contributed by atoms with van der Waals surface area (Å²) in [6, 6.07) is 1.16. The molecule has 2 atom stereocenters. The number of hydrogen-bond acceptors (Lipinski definition) is 3. The van der Waals surface area contributed by atoms with E-state index in [0.717, 1.165) is 0 Å². The highest BCUT2D eigenvalue weighted by atomic mass is 16.4. The van der Waals surface area contributed by atoms with Crippen molar-refractivity contribution in [3.8, 4) is 0 Å². The number of carboxylic acids is 1. The number of carbonyl (C=O) groups excluding carboxylic acids is 1. The normalized spacial score (nSPS) is 14.1. The number of amides is 1. The average molecular weight is 281 g/mol. The van der Waals surface area contributed by atoms with Crippen molar-refractivity contribution in [3.63, 3.8) is 0 Å². The highest BCUT2D eigenvalue weighted by molar-refractivity contribution is 5.84. The first-order chi connectivity index (χ1) is 9.35. The van der Waals surface area contributed by atoms with Gasteiger partial charge in [0.1, 0.15) is 6.04 Å². The predicted molar refractivity (Wildman–Crippen MR) is 75.3 cm³/mol. The van der Waals surface area contributed by atoms with Crippen LogP contribution in [0, 0.1) is 5.92 Å². The van der Waals surface area contributed by atoms with E-state index in [1.54, 1.807) is 10.7 Å². The summed E-state index contributed by atoms with van der Waals surface area (Å²) in [5, 5.41) is 16.0. The number of carbonyl (C=O) groups is 2. The lowest BCUT2D eigenvalue weighted by Gasteiger charge is -2.19. The largest absolute Gasteiger partial charge is 0.480 e. The van der Waals surface area contributed by atoms with Crippen LogP contribution in [-0.2, 0) is 16.0 Å². The van der Waals surface area contributed by atoms with Crippen molar-refractivity contribution in [1.82, 2.24) is 15.1 Å². The Morgan fingerprint density at radius 2 is 2.05 bits per heavy atom. The minimum Gasteiger partial charge on any atom is -0.480 e. The molecule has 6 nitrogen and oxygen atoms in total. The van der Waals surface area contributed by atoms with Crippen LogP contribution in [0.4, 0.5) is 0 Å². The standard InChI is InChI=1S/C14H23N3O3/c1-5-10(4)13(14(19)20)15-12(18)8-11-6-7-17(16-11)9(2)3/h6-7,9-10,13H,5,8H2,1-4H3,(H,15,18)(H,19,20)/t10-,13-/m1/s1. The molecule has 0 saturated heterocycles. The molecule has 0 unspecified atom stereocenters. The number of nitrogens with zero attached hydrogens (tertiary/aromatic N) is 2. The molecular formula is C14H23N3O3. The van der Waals surface area contributed by atoms with Gasteiger partial charge in [-0.15, -0.1) is 0 Å². The van der Waals surface area contributed by atoms with Crippen LogP contribution < -0.4 is 5.32 Å². The number of rotatable bonds is 7. The molecule has 0 spiro atoms. The highest BCUT2D eigenvalue weighted by Crippen LogP contribution is 2.09. The first kappa shape index (κ1) is 16.2. The van der Waals surface area contributed by atoms with Crippen LogP contribution >= 0.6 is 0 Å². The Morgan fingerprint density at radius 3 is 2.50 bits per heavy atom. The Kier molecular flexibility index (Phi) is 5.73. The average Bonchev–Trinajstić information content (AvgIpc) is 2.83. The Balaban J connectivity index is 2.63. The van der Waals surface area contributed by atoms with Crippen molar-refractivity contribution in [3.05, 3.63) is 18.0 Å². The van der Waals surface area contributed by atoms with Gasteiger partial charge in [-0.3, -0.25) is 9.48 Å². The predicted octanol–water partition coefficient (Wildman–Crippen LogP) is 1.62. The molecule has 0 saturated carbocycles. The SMILES string of the molecule is CC[C@@H](C)[C@@H](NC(=O)Cc1ccn(C(C)C)n1)C(=O)O. The maximum Gasteiger partial charge on any atom is 0.326 e. The van der Waals surface area contributed by atoms with E-state index in [1.807, 2.05) is 33.9 Å². The van der Waals surface area contributed by atoms with Gasteiger partial charge in [0.05, 0.1) is 12.1 Å². The molecule has 0 aliphatic rings. The minimum absolute atomic E-state index is 0.0972. The Hall–Kier alpha value is -1.85.